The van der Waals surface area contributed by atoms with Gasteiger partial charge in [-0.1, -0.05) is 24.6 Å². The lowest BCUT2D eigenvalue weighted by atomic mass is 9.65. The number of hydrogen-bond donors (Lipinski definition) is 0. The number of Topliss-reactive ketones (excluding diaryl/α,β-unsaturated/α-hetero) is 1. The average Bonchev–Trinajstić information content (AvgIpc) is 2.50. The lowest BCUT2D eigenvalue weighted by molar-refractivity contribution is -0.153. The van der Waals surface area contributed by atoms with Crippen LogP contribution in [0, 0.1) is 12.8 Å². The number of ketones is 1. The highest BCUT2D eigenvalue weighted by Gasteiger charge is 2.52. The molecule has 0 radical (unpaired) electrons. The van der Waals surface area contributed by atoms with Crippen molar-refractivity contribution < 1.29 is 19.1 Å². The lowest BCUT2D eigenvalue weighted by Gasteiger charge is -2.36. The Balaban J connectivity index is 2.69. The van der Waals surface area contributed by atoms with Crippen LogP contribution < -0.4 is 4.74 Å². The summed E-state index contributed by atoms with van der Waals surface area (Å²) in [6.45, 7) is 5.50. The van der Waals surface area contributed by atoms with Crippen LogP contribution in [0.15, 0.2) is 23.8 Å². The maximum Gasteiger partial charge on any atom is 0.324 e. The molecule has 5 heteroatoms. The van der Waals surface area contributed by atoms with Gasteiger partial charge in [0.2, 0.25) is 5.88 Å². The molecule has 1 aromatic rings. The van der Waals surface area contributed by atoms with Crippen LogP contribution in [0.25, 0.3) is 0 Å². The van der Waals surface area contributed by atoms with E-state index in [1.54, 1.807) is 26.0 Å². The van der Waals surface area contributed by atoms with E-state index in [-0.39, 0.29) is 11.7 Å². The molecule has 0 saturated carbocycles. The summed E-state index contributed by atoms with van der Waals surface area (Å²) in [5.74, 6) is -0.578. The van der Waals surface area contributed by atoms with E-state index in [2.05, 4.69) is 4.98 Å². The summed E-state index contributed by atoms with van der Waals surface area (Å²) in [6, 6.07) is 3.40. The fourth-order valence-corrected chi connectivity index (χ4v) is 3.24. The highest BCUT2D eigenvalue weighted by Crippen LogP contribution is 2.41. The molecule has 2 atom stereocenters. The molecule has 0 bridgehead atoms. The summed E-state index contributed by atoms with van der Waals surface area (Å²) in [5.41, 5.74) is 0.855. The van der Waals surface area contributed by atoms with Gasteiger partial charge in [0.05, 0.1) is 14.2 Å². The Morgan fingerprint density at radius 2 is 2.00 bits per heavy atom. The normalized spacial score (nSPS) is 24.7. The van der Waals surface area contributed by atoms with Crippen molar-refractivity contribution in [3.63, 3.8) is 0 Å². The second-order valence-electron chi connectivity index (χ2n) is 5.73. The minimum absolute atomic E-state index is 0.153. The van der Waals surface area contributed by atoms with Crippen molar-refractivity contribution in [1.29, 1.82) is 0 Å². The lowest BCUT2D eigenvalue weighted by Crippen LogP contribution is -2.49. The van der Waals surface area contributed by atoms with Crippen molar-refractivity contribution in [2.24, 2.45) is 5.92 Å². The standard InChI is InChI=1S/C17H21NO4/c1-10-8-11(2)15(19)17(9-10,16(20)22-5)13-6-7-14(21-4)18-12(13)3/h6-8,11H,9H2,1-5H3/t11-,17+/m1/s1. The Labute approximate surface area is 130 Å². The van der Waals surface area contributed by atoms with Crippen LogP contribution >= 0.6 is 0 Å². The van der Waals surface area contributed by atoms with Gasteiger partial charge in [-0.25, -0.2) is 4.98 Å². The smallest absolute Gasteiger partial charge is 0.324 e. The molecule has 118 valence electrons. The maximum atomic E-state index is 12.9. The van der Waals surface area contributed by atoms with Crippen molar-refractivity contribution in [1.82, 2.24) is 4.98 Å². The molecule has 1 aliphatic rings. The number of carbonyl (C=O) groups excluding carboxylic acids is 2. The summed E-state index contributed by atoms with van der Waals surface area (Å²) in [5, 5.41) is 0. The van der Waals surface area contributed by atoms with E-state index < -0.39 is 11.4 Å². The Kier molecular flexibility index (Phi) is 4.35. The number of allylic oxidation sites excluding steroid dienone is 2. The Morgan fingerprint density at radius 3 is 2.55 bits per heavy atom. The van der Waals surface area contributed by atoms with Crippen LogP contribution in [0.1, 0.15) is 31.5 Å². The molecule has 22 heavy (non-hydrogen) atoms. The van der Waals surface area contributed by atoms with Crippen molar-refractivity contribution in [3.8, 4) is 5.88 Å². The molecule has 5 nitrogen and oxygen atoms in total. The minimum Gasteiger partial charge on any atom is -0.481 e. The first-order chi connectivity index (χ1) is 10.4. The third kappa shape index (κ3) is 2.40. The van der Waals surface area contributed by atoms with Gasteiger partial charge >= 0.3 is 5.97 Å². The van der Waals surface area contributed by atoms with Gasteiger partial charge in [-0.15, -0.1) is 0 Å². The van der Waals surface area contributed by atoms with Crippen molar-refractivity contribution in [2.45, 2.75) is 32.6 Å². The SMILES string of the molecule is COC(=O)[C@]1(c2ccc(OC)nc2C)CC(C)=C[C@@H](C)C1=O. The fourth-order valence-electron chi connectivity index (χ4n) is 3.24. The first kappa shape index (κ1) is 16.2. The molecule has 0 spiro atoms. The van der Waals surface area contributed by atoms with Crippen LogP contribution in [0.4, 0.5) is 0 Å². The van der Waals surface area contributed by atoms with Gasteiger partial charge in [-0.05, 0) is 25.8 Å². The molecule has 0 aliphatic heterocycles. The number of esters is 1. The number of pyridine rings is 1. The van der Waals surface area contributed by atoms with Gasteiger partial charge < -0.3 is 9.47 Å². The zero-order chi connectivity index (χ0) is 16.5. The molecule has 0 aromatic carbocycles. The Morgan fingerprint density at radius 1 is 1.32 bits per heavy atom. The van der Waals surface area contributed by atoms with Gasteiger partial charge in [-0.3, -0.25) is 9.59 Å². The molecule has 0 fully saturated rings. The van der Waals surface area contributed by atoms with Gasteiger partial charge in [0.25, 0.3) is 0 Å². The second-order valence-corrected chi connectivity index (χ2v) is 5.73. The molecule has 1 aromatic heterocycles. The van der Waals surface area contributed by atoms with Crippen molar-refractivity contribution in [2.75, 3.05) is 14.2 Å². The molecule has 0 amide bonds. The summed E-state index contributed by atoms with van der Waals surface area (Å²) >= 11 is 0. The summed E-state index contributed by atoms with van der Waals surface area (Å²) < 4.78 is 10.1. The number of nitrogens with zero attached hydrogens (tertiary/aromatic N) is 1. The van der Waals surface area contributed by atoms with E-state index in [1.165, 1.54) is 14.2 Å². The number of aromatic nitrogens is 1. The van der Waals surface area contributed by atoms with Crippen LogP contribution in [-0.4, -0.2) is 31.0 Å². The van der Waals surface area contributed by atoms with Crippen LogP contribution in [-0.2, 0) is 19.7 Å². The first-order valence-electron chi connectivity index (χ1n) is 7.19. The highest BCUT2D eigenvalue weighted by atomic mass is 16.5. The monoisotopic (exact) mass is 303 g/mol. The number of aryl methyl sites for hydroxylation is 1. The van der Waals surface area contributed by atoms with Crippen molar-refractivity contribution >= 4 is 11.8 Å². The fraction of sp³-hybridized carbons (Fsp3) is 0.471. The molecule has 0 saturated heterocycles. The van der Waals surface area contributed by atoms with Crippen molar-refractivity contribution in [3.05, 3.63) is 35.0 Å². The largest absolute Gasteiger partial charge is 0.481 e. The van der Waals surface area contributed by atoms with Gasteiger partial charge in [0.15, 0.2) is 11.2 Å². The maximum absolute atomic E-state index is 12.9. The van der Waals surface area contributed by atoms with E-state index in [0.717, 1.165) is 5.57 Å². The van der Waals surface area contributed by atoms with Crippen LogP contribution in [0.2, 0.25) is 0 Å². The third-order valence-corrected chi connectivity index (χ3v) is 4.18. The quantitative estimate of drug-likeness (QED) is 0.487. The molecule has 2 rings (SSSR count). The molecule has 0 N–H and O–H groups in total. The number of rotatable bonds is 3. The molecule has 0 unspecified atom stereocenters. The van der Waals surface area contributed by atoms with E-state index in [9.17, 15) is 9.59 Å². The third-order valence-electron chi connectivity index (χ3n) is 4.18. The van der Waals surface area contributed by atoms with Gasteiger partial charge in [0.1, 0.15) is 0 Å². The topological polar surface area (TPSA) is 65.5 Å². The molecule has 1 heterocycles. The van der Waals surface area contributed by atoms with E-state index in [0.29, 0.717) is 23.6 Å². The summed E-state index contributed by atoms with van der Waals surface area (Å²) in [7, 11) is 2.83. The number of hydrogen-bond acceptors (Lipinski definition) is 5. The van der Waals surface area contributed by atoms with E-state index in [1.807, 2.05) is 13.0 Å². The predicted octanol–water partition coefficient (Wildman–Crippen LogP) is 2.36. The minimum atomic E-state index is -1.32. The first-order valence-corrected chi connectivity index (χ1v) is 7.19. The van der Waals surface area contributed by atoms with Crippen LogP contribution in [0.3, 0.4) is 0 Å². The van der Waals surface area contributed by atoms with Gasteiger partial charge in [0, 0.05) is 17.7 Å². The highest BCUT2D eigenvalue weighted by molar-refractivity contribution is 6.12. The second kappa shape index (κ2) is 5.91. The number of carbonyl (C=O) groups is 2. The predicted molar refractivity (Wildman–Crippen MR) is 81.8 cm³/mol. The van der Waals surface area contributed by atoms with Gasteiger partial charge in [-0.2, -0.15) is 0 Å². The van der Waals surface area contributed by atoms with Crippen LogP contribution in [0.5, 0.6) is 5.88 Å². The number of ether oxygens (including phenoxy) is 2. The average molecular weight is 303 g/mol. The Bertz CT molecular complexity index is 650. The zero-order valence-corrected chi connectivity index (χ0v) is 13.6. The summed E-state index contributed by atoms with van der Waals surface area (Å²) in [6.07, 6.45) is 2.22. The molecular weight excluding hydrogens is 282 g/mol. The van der Waals surface area contributed by atoms with E-state index >= 15 is 0 Å². The molecule has 1 aliphatic carbocycles. The summed E-state index contributed by atoms with van der Waals surface area (Å²) in [4.78, 5) is 29.8. The zero-order valence-electron chi connectivity index (χ0n) is 13.6. The Hall–Kier alpha value is -2.17. The number of methoxy groups -OCH3 is 2. The molecular formula is C17H21NO4. The van der Waals surface area contributed by atoms with E-state index in [4.69, 9.17) is 9.47 Å².